The van der Waals surface area contributed by atoms with E-state index in [0.29, 0.717) is 33.2 Å². The molecule has 3 rings (SSSR count). The Bertz CT molecular complexity index is 1070. The Balaban J connectivity index is 1.78. The molecule has 0 radical (unpaired) electrons. The smallest absolute Gasteiger partial charge is 0.326 e. The third kappa shape index (κ3) is 5.85. The van der Waals surface area contributed by atoms with E-state index >= 15 is 0 Å². The van der Waals surface area contributed by atoms with Crippen LogP contribution in [0.15, 0.2) is 45.8 Å². The van der Waals surface area contributed by atoms with Gasteiger partial charge in [-0.15, -0.1) is 0 Å². The molecule has 168 valence electrons. The summed E-state index contributed by atoms with van der Waals surface area (Å²) < 4.78 is 16.8. The fourth-order valence-electron chi connectivity index (χ4n) is 2.79. The summed E-state index contributed by atoms with van der Waals surface area (Å²) in [5, 5.41) is 0.116. The molecular weight excluding hydrogens is 522 g/mol. The topological polar surface area (TPSA) is 82.1 Å². The number of hydrogen-bond donors (Lipinski definition) is 0. The lowest BCUT2D eigenvalue weighted by Gasteiger charge is -2.13. The van der Waals surface area contributed by atoms with Gasteiger partial charge in [-0.1, -0.05) is 39.7 Å². The normalized spacial score (nSPS) is 14.8. The van der Waals surface area contributed by atoms with Gasteiger partial charge in [-0.25, -0.2) is 0 Å². The predicted octanol–water partition coefficient (Wildman–Crippen LogP) is 5.29. The van der Waals surface area contributed by atoms with E-state index in [1.807, 2.05) is 12.1 Å². The van der Waals surface area contributed by atoms with Gasteiger partial charge in [-0.05, 0) is 60.2 Å². The quantitative estimate of drug-likeness (QED) is 0.332. The average Bonchev–Trinajstić information content (AvgIpc) is 3.02. The van der Waals surface area contributed by atoms with Crippen molar-refractivity contribution in [2.45, 2.75) is 13.5 Å². The molecular formula is C22H19BrClNO6S. The Labute approximate surface area is 202 Å². The predicted molar refractivity (Wildman–Crippen MR) is 126 cm³/mol. The second-order valence-corrected chi connectivity index (χ2v) is 8.80. The van der Waals surface area contributed by atoms with E-state index in [1.54, 1.807) is 37.3 Å². The van der Waals surface area contributed by atoms with Gasteiger partial charge in [0, 0.05) is 9.50 Å². The maximum Gasteiger partial charge on any atom is 0.326 e. The molecule has 1 saturated heterocycles. The van der Waals surface area contributed by atoms with Crippen molar-refractivity contribution >= 4 is 62.5 Å². The number of amides is 2. The summed E-state index contributed by atoms with van der Waals surface area (Å²) >= 11 is 10.1. The molecule has 0 N–H and O–H groups in total. The van der Waals surface area contributed by atoms with Crippen molar-refractivity contribution in [3.8, 4) is 11.5 Å². The number of thioether (sulfide) groups is 1. The number of ether oxygens (including phenoxy) is 3. The van der Waals surface area contributed by atoms with Crippen LogP contribution in [0.4, 0.5) is 4.79 Å². The molecule has 10 heteroatoms. The van der Waals surface area contributed by atoms with Crippen LogP contribution in [0, 0.1) is 0 Å². The van der Waals surface area contributed by atoms with Crippen LogP contribution in [-0.4, -0.2) is 42.3 Å². The summed E-state index contributed by atoms with van der Waals surface area (Å²) in [6.07, 6.45) is 1.56. The monoisotopic (exact) mass is 539 g/mol. The van der Waals surface area contributed by atoms with Crippen molar-refractivity contribution in [1.29, 1.82) is 0 Å². The molecule has 32 heavy (non-hydrogen) atoms. The Hall–Kier alpha value is -2.49. The van der Waals surface area contributed by atoms with Crippen molar-refractivity contribution in [1.82, 2.24) is 4.90 Å². The highest BCUT2D eigenvalue weighted by molar-refractivity contribution is 9.10. The molecule has 2 aromatic carbocycles. The van der Waals surface area contributed by atoms with E-state index in [0.717, 1.165) is 22.2 Å². The zero-order chi connectivity index (χ0) is 23.3. The second-order valence-electron chi connectivity index (χ2n) is 6.51. The van der Waals surface area contributed by atoms with Crippen molar-refractivity contribution in [3.63, 3.8) is 0 Å². The fourth-order valence-corrected chi connectivity index (χ4v) is 4.18. The minimum atomic E-state index is -0.638. The molecule has 0 bridgehead atoms. The van der Waals surface area contributed by atoms with Crippen LogP contribution in [0.1, 0.15) is 18.1 Å². The first-order chi connectivity index (χ1) is 15.3. The van der Waals surface area contributed by atoms with Gasteiger partial charge in [0.05, 0.1) is 18.6 Å². The summed E-state index contributed by atoms with van der Waals surface area (Å²) in [6, 6.07) is 10.7. The van der Waals surface area contributed by atoms with Crippen LogP contribution in [0.2, 0.25) is 5.02 Å². The maximum atomic E-state index is 12.6. The Morgan fingerprint density at radius 3 is 2.56 bits per heavy atom. The van der Waals surface area contributed by atoms with Crippen LogP contribution in [0.25, 0.3) is 6.08 Å². The lowest BCUT2D eigenvalue weighted by Crippen LogP contribution is -2.34. The Morgan fingerprint density at radius 1 is 1.19 bits per heavy atom. The summed E-state index contributed by atoms with van der Waals surface area (Å²) in [5.41, 5.74) is 1.55. The summed E-state index contributed by atoms with van der Waals surface area (Å²) in [4.78, 5) is 37.5. The molecule has 1 fully saturated rings. The lowest BCUT2D eigenvalue weighted by molar-refractivity contribution is -0.145. The molecule has 1 aliphatic rings. The van der Waals surface area contributed by atoms with Crippen LogP contribution < -0.4 is 9.47 Å². The summed E-state index contributed by atoms with van der Waals surface area (Å²) in [6.45, 7) is 1.72. The average molecular weight is 541 g/mol. The molecule has 1 aliphatic heterocycles. The fraction of sp³-hybridized carbons (Fsp3) is 0.227. The number of carbonyl (C=O) groups is 3. The van der Waals surface area contributed by atoms with Crippen LogP contribution in [0.5, 0.6) is 11.5 Å². The van der Waals surface area contributed by atoms with E-state index in [1.165, 1.54) is 7.11 Å². The molecule has 0 aromatic heterocycles. The van der Waals surface area contributed by atoms with Gasteiger partial charge in [-0.3, -0.25) is 19.3 Å². The van der Waals surface area contributed by atoms with E-state index in [9.17, 15) is 14.4 Å². The molecule has 0 atom stereocenters. The molecule has 1 heterocycles. The zero-order valence-corrected chi connectivity index (χ0v) is 20.4. The maximum absolute atomic E-state index is 12.6. The number of benzene rings is 2. The molecule has 0 saturated carbocycles. The first-order valence-electron chi connectivity index (χ1n) is 9.48. The number of nitrogens with zero attached hydrogens (tertiary/aromatic N) is 1. The van der Waals surface area contributed by atoms with Crippen molar-refractivity contribution in [2.24, 2.45) is 0 Å². The molecule has 0 aliphatic carbocycles. The first-order valence-corrected chi connectivity index (χ1v) is 11.5. The van der Waals surface area contributed by atoms with Gasteiger partial charge >= 0.3 is 5.97 Å². The highest BCUT2D eigenvalue weighted by Gasteiger charge is 2.36. The van der Waals surface area contributed by atoms with Gasteiger partial charge in [-0.2, -0.15) is 0 Å². The van der Waals surface area contributed by atoms with E-state index in [4.69, 9.17) is 25.8 Å². The summed E-state index contributed by atoms with van der Waals surface area (Å²) in [5.74, 6) is -0.232. The van der Waals surface area contributed by atoms with Gasteiger partial charge in [0.1, 0.15) is 13.2 Å². The molecule has 7 nitrogen and oxygen atoms in total. The SMILES string of the molecule is CCOC(=O)CN1C(=O)S/C(=C/c2cc(OC)c(OCc3ccc(Cl)cc3)cc2Br)C1=O. The number of esters is 1. The number of hydrogen-bond acceptors (Lipinski definition) is 7. The standard InChI is InChI=1S/C22H19BrClNO6S/c1-3-30-20(26)11-25-21(27)19(32-22(25)28)9-14-8-17(29-2)18(10-16(14)23)31-12-13-4-6-15(24)7-5-13/h4-10H,3,11-12H2,1-2H3/b19-9+. The third-order valence-electron chi connectivity index (χ3n) is 4.34. The van der Waals surface area contributed by atoms with Gasteiger partial charge in [0.15, 0.2) is 11.5 Å². The Kier molecular flexibility index (Phi) is 8.22. The lowest BCUT2D eigenvalue weighted by atomic mass is 10.1. The number of methoxy groups -OCH3 is 1. The highest BCUT2D eigenvalue weighted by Crippen LogP contribution is 2.38. The van der Waals surface area contributed by atoms with Gasteiger partial charge in [0.25, 0.3) is 11.1 Å². The molecule has 2 aromatic rings. The van der Waals surface area contributed by atoms with Crippen molar-refractivity contribution < 1.29 is 28.6 Å². The number of rotatable bonds is 8. The van der Waals surface area contributed by atoms with Crippen molar-refractivity contribution in [2.75, 3.05) is 20.3 Å². The van der Waals surface area contributed by atoms with Crippen LogP contribution >= 0.6 is 39.3 Å². The van der Waals surface area contributed by atoms with Crippen LogP contribution in [-0.2, 0) is 20.9 Å². The largest absolute Gasteiger partial charge is 0.493 e. The van der Waals surface area contributed by atoms with E-state index in [-0.39, 0.29) is 11.5 Å². The zero-order valence-electron chi connectivity index (χ0n) is 17.2. The van der Waals surface area contributed by atoms with Crippen LogP contribution in [0.3, 0.4) is 0 Å². The third-order valence-corrected chi connectivity index (χ3v) is 6.19. The molecule has 0 unspecified atom stereocenters. The van der Waals surface area contributed by atoms with E-state index < -0.39 is 23.7 Å². The highest BCUT2D eigenvalue weighted by atomic mass is 79.9. The number of carbonyl (C=O) groups excluding carboxylic acids is 3. The number of halogens is 2. The second kappa shape index (κ2) is 10.9. The first kappa shape index (κ1) is 24.2. The molecule has 0 spiro atoms. The Morgan fingerprint density at radius 2 is 1.91 bits per heavy atom. The minimum Gasteiger partial charge on any atom is -0.493 e. The van der Waals surface area contributed by atoms with E-state index in [2.05, 4.69) is 15.9 Å². The minimum absolute atomic E-state index is 0.171. The number of imide groups is 1. The van der Waals surface area contributed by atoms with Gasteiger partial charge in [0.2, 0.25) is 0 Å². The molecule has 2 amide bonds. The van der Waals surface area contributed by atoms with Crippen molar-refractivity contribution in [3.05, 3.63) is 61.9 Å². The van der Waals surface area contributed by atoms with Gasteiger partial charge < -0.3 is 14.2 Å². The summed E-state index contributed by atoms with van der Waals surface area (Å²) in [7, 11) is 1.51.